The number of aliphatic imine (C=N–C) groups is 1. The summed E-state index contributed by atoms with van der Waals surface area (Å²) >= 11 is 12.3. The SMILES string of the molecule is O=C1OC(C(Cl)(C(=O)O)c2ccccc2)=NC1=Cc1cncc(Oc2ccc(Cl)cc2)c1. The Morgan fingerprint density at radius 1 is 1.06 bits per heavy atom. The van der Waals surface area contributed by atoms with Crippen molar-refractivity contribution in [3.63, 3.8) is 0 Å². The monoisotopic (exact) mass is 468 g/mol. The van der Waals surface area contributed by atoms with Crippen LogP contribution < -0.4 is 4.74 Å². The number of carbonyl (C=O) groups excluding carboxylic acids is 1. The molecule has 2 aromatic carbocycles. The Morgan fingerprint density at radius 2 is 1.78 bits per heavy atom. The predicted molar refractivity (Wildman–Crippen MR) is 119 cm³/mol. The Morgan fingerprint density at radius 3 is 2.47 bits per heavy atom. The van der Waals surface area contributed by atoms with Crippen LogP contribution in [0.25, 0.3) is 6.08 Å². The van der Waals surface area contributed by atoms with Crippen molar-refractivity contribution in [3.05, 3.63) is 94.9 Å². The first-order valence-electron chi connectivity index (χ1n) is 9.25. The zero-order valence-electron chi connectivity index (χ0n) is 16.2. The molecule has 0 bridgehead atoms. The molecule has 0 saturated heterocycles. The number of carboxylic acid groups (broad SMARTS) is 1. The van der Waals surface area contributed by atoms with Gasteiger partial charge in [0.1, 0.15) is 11.5 Å². The molecule has 0 spiro atoms. The number of pyridine rings is 1. The molecular weight excluding hydrogens is 455 g/mol. The minimum absolute atomic E-state index is 0.118. The van der Waals surface area contributed by atoms with Crippen LogP contribution in [0.1, 0.15) is 11.1 Å². The number of hydrogen-bond donors (Lipinski definition) is 1. The first kappa shape index (κ1) is 21.5. The molecule has 0 saturated carbocycles. The Bertz CT molecular complexity index is 1240. The molecule has 0 amide bonds. The highest BCUT2D eigenvalue weighted by Crippen LogP contribution is 2.35. The summed E-state index contributed by atoms with van der Waals surface area (Å²) < 4.78 is 10.9. The fourth-order valence-corrected chi connectivity index (χ4v) is 3.26. The minimum atomic E-state index is -2.15. The van der Waals surface area contributed by atoms with Gasteiger partial charge in [-0.25, -0.2) is 14.6 Å². The Balaban J connectivity index is 1.64. The number of carbonyl (C=O) groups is 2. The average Bonchev–Trinajstić information content (AvgIpc) is 3.16. The first-order valence-corrected chi connectivity index (χ1v) is 10.0. The number of rotatable bonds is 6. The van der Waals surface area contributed by atoms with Gasteiger partial charge in [-0.15, -0.1) is 0 Å². The molecular formula is C23H14Cl2N2O5. The van der Waals surface area contributed by atoms with Crippen LogP contribution in [0.4, 0.5) is 0 Å². The van der Waals surface area contributed by atoms with E-state index < -0.39 is 22.7 Å². The number of hydrogen-bond acceptors (Lipinski definition) is 6. The van der Waals surface area contributed by atoms with E-state index in [2.05, 4.69) is 9.98 Å². The Labute approximate surface area is 192 Å². The fourth-order valence-electron chi connectivity index (χ4n) is 2.93. The van der Waals surface area contributed by atoms with E-state index in [1.54, 1.807) is 48.5 Å². The standard InChI is InChI=1S/C23H14Cl2N2O5/c24-16-6-8-17(9-7-16)31-18-10-14(12-26-13-18)11-19-20(28)32-21(27-19)23(25,22(29)30)15-4-2-1-3-5-15/h1-13H,(H,29,30). The molecule has 1 N–H and O–H groups in total. The molecule has 9 heteroatoms. The van der Waals surface area contributed by atoms with Crippen molar-refractivity contribution in [2.45, 2.75) is 4.87 Å². The smallest absolute Gasteiger partial charge is 0.363 e. The van der Waals surface area contributed by atoms with E-state index in [0.717, 1.165) is 0 Å². The summed E-state index contributed by atoms with van der Waals surface area (Å²) in [5, 5.41) is 10.3. The molecule has 1 unspecified atom stereocenters. The molecule has 1 aliphatic heterocycles. The van der Waals surface area contributed by atoms with Gasteiger partial charge in [0.05, 0.1) is 6.20 Å². The van der Waals surface area contributed by atoms with E-state index in [4.69, 9.17) is 32.7 Å². The van der Waals surface area contributed by atoms with Crippen LogP contribution in [0.15, 0.2) is 83.7 Å². The molecule has 160 valence electrons. The van der Waals surface area contributed by atoms with Crippen molar-refractivity contribution in [3.8, 4) is 11.5 Å². The molecule has 1 aromatic heterocycles. The van der Waals surface area contributed by atoms with Crippen molar-refractivity contribution < 1.29 is 24.2 Å². The van der Waals surface area contributed by atoms with Gasteiger partial charge in [-0.2, -0.15) is 0 Å². The lowest BCUT2D eigenvalue weighted by molar-refractivity contribution is -0.139. The van der Waals surface area contributed by atoms with E-state index in [1.165, 1.54) is 30.6 Å². The molecule has 7 nitrogen and oxygen atoms in total. The molecule has 1 aliphatic rings. The van der Waals surface area contributed by atoms with E-state index >= 15 is 0 Å². The van der Waals surface area contributed by atoms with Gasteiger partial charge < -0.3 is 14.6 Å². The predicted octanol–water partition coefficient (Wildman–Crippen LogP) is 5.04. The van der Waals surface area contributed by atoms with Crippen LogP contribution in [0.2, 0.25) is 5.02 Å². The van der Waals surface area contributed by atoms with Crippen molar-refractivity contribution in [2.24, 2.45) is 4.99 Å². The van der Waals surface area contributed by atoms with E-state index in [0.29, 0.717) is 22.1 Å². The largest absolute Gasteiger partial charge is 0.479 e. The van der Waals surface area contributed by atoms with E-state index in [9.17, 15) is 14.7 Å². The fraction of sp³-hybridized carbons (Fsp3) is 0.0435. The normalized spacial score (nSPS) is 16.2. The zero-order chi connectivity index (χ0) is 22.7. The summed E-state index contributed by atoms with van der Waals surface area (Å²) in [6.45, 7) is 0. The highest BCUT2D eigenvalue weighted by Gasteiger charge is 2.49. The number of carboxylic acids is 1. The number of cyclic esters (lactones) is 1. The summed E-state index contributed by atoms with van der Waals surface area (Å²) in [6.07, 6.45) is 4.40. The maximum Gasteiger partial charge on any atom is 0.363 e. The van der Waals surface area contributed by atoms with Gasteiger partial charge in [0.15, 0.2) is 5.70 Å². The van der Waals surface area contributed by atoms with Gasteiger partial charge >= 0.3 is 11.9 Å². The van der Waals surface area contributed by atoms with Crippen LogP contribution >= 0.6 is 23.2 Å². The van der Waals surface area contributed by atoms with Crippen molar-refractivity contribution in [1.82, 2.24) is 4.98 Å². The number of aromatic nitrogens is 1. The number of aliphatic carboxylic acids is 1. The molecule has 32 heavy (non-hydrogen) atoms. The topological polar surface area (TPSA) is 98.1 Å². The maximum absolute atomic E-state index is 12.4. The number of alkyl halides is 1. The highest BCUT2D eigenvalue weighted by atomic mass is 35.5. The second-order valence-electron chi connectivity index (χ2n) is 6.68. The average molecular weight is 469 g/mol. The zero-order valence-corrected chi connectivity index (χ0v) is 17.7. The lowest BCUT2D eigenvalue weighted by atomic mass is 9.98. The maximum atomic E-state index is 12.4. The van der Waals surface area contributed by atoms with Crippen LogP contribution in [0.3, 0.4) is 0 Å². The summed E-state index contributed by atoms with van der Waals surface area (Å²) in [7, 11) is 0. The first-order chi connectivity index (χ1) is 15.4. The number of esters is 1. The molecule has 0 aliphatic carbocycles. The van der Waals surface area contributed by atoms with Gasteiger partial charge in [-0.1, -0.05) is 53.5 Å². The van der Waals surface area contributed by atoms with Crippen LogP contribution in [0.5, 0.6) is 11.5 Å². The lowest BCUT2D eigenvalue weighted by Gasteiger charge is -2.20. The van der Waals surface area contributed by atoms with E-state index in [1.807, 2.05) is 0 Å². The third-order valence-corrected chi connectivity index (χ3v) is 5.26. The minimum Gasteiger partial charge on any atom is -0.479 e. The van der Waals surface area contributed by atoms with Gasteiger partial charge in [-0.3, -0.25) is 4.98 Å². The quantitative estimate of drug-likeness (QED) is 0.309. The second kappa shape index (κ2) is 8.82. The summed E-state index contributed by atoms with van der Waals surface area (Å²) in [6, 6.07) is 16.4. The number of benzene rings is 2. The second-order valence-corrected chi connectivity index (χ2v) is 7.68. The molecule has 0 fully saturated rings. The van der Waals surface area contributed by atoms with Crippen molar-refractivity contribution in [1.29, 1.82) is 0 Å². The summed E-state index contributed by atoms with van der Waals surface area (Å²) in [4.78, 5) is 30.3. The molecule has 2 heterocycles. The number of ether oxygens (including phenoxy) is 2. The van der Waals surface area contributed by atoms with Crippen molar-refractivity contribution >= 4 is 47.1 Å². The molecule has 4 rings (SSSR count). The van der Waals surface area contributed by atoms with Gasteiger partial charge in [0.25, 0.3) is 0 Å². The number of nitrogens with zero attached hydrogens (tertiary/aromatic N) is 2. The summed E-state index contributed by atoms with van der Waals surface area (Å²) in [5.74, 6) is -1.71. The Kier molecular flexibility index (Phi) is 5.94. The highest BCUT2D eigenvalue weighted by molar-refractivity contribution is 6.46. The van der Waals surface area contributed by atoms with Crippen LogP contribution in [-0.4, -0.2) is 27.9 Å². The lowest BCUT2D eigenvalue weighted by Crippen LogP contribution is -2.39. The molecule has 0 radical (unpaired) electrons. The molecule has 3 aromatic rings. The summed E-state index contributed by atoms with van der Waals surface area (Å²) in [5.41, 5.74) is 0.582. The van der Waals surface area contributed by atoms with Gasteiger partial charge in [-0.05, 0) is 47.5 Å². The third-order valence-electron chi connectivity index (χ3n) is 4.47. The number of halogens is 2. The van der Waals surface area contributed by atoms with Crippen LogP contribution in [-0.2, 0) is 19.2 Å². The third kappa shape index (κ3) is 4.34. The van der Waals surface area contributed by atoms with E-state index in [-0.39, 0.29) is 11.3 Å². The van der Waals surface area contributed by atoms with Crippen LogP contribution in [0, 0.1) is 0 Å². The Hall–Kier alpha value is -3.68. The van der Waals surface area contributed by atoms with Gasteiger partial charge in [0.2, 0.25) is 10.8 Å². The van der Waals surface area contributed by atoms with Gasteiger partial charge in [0, 0.05) is 11.2 Å². The van der Waals surface area contributed by atoms with Crippen molar-refractivity contribution in [2.75, 3.05) is 0 Å². The molecule has 1 atom stereocenters.